The Morgan fingerprint density at radius 2 is 1.90 bits per heavy atom. The fourth-order valence-corrected chi connectivity index (χ4v) is 2.57. The van der Waals surface area contributed by atoms with E-state index in [1.54, 1.807) is 4.90 Å². The van der Waals surface area contributed by atoms with E-state index >= 15 is 0 Å². The van der Waals surface area contributed by atoms with E-state index in [4.69, 9.17) is 5.11 Å². The van der Waals surface area contributed by atoms with Crippen LogP contribution in [0.25, 0.3) is 0 Å². The molecule has 0 radical (unpaired) electrons. The van der Waals surface area contributed by atoms with Gasteiger partial charge in [0.05, 0.1) is 11.8 Å². The normalized spacial score (nSPS) is 15.7. The van der Waals surface area contributed by atoms with Crippen LogP contribution in [0.4, 0.5) is 0 Å². The van der Waals surface area contributed by atoms with Crippen molar-refractivity contribution in [3.8, 4) is 0 Å². The second-order valence-corrected chi connectivity index (χ2v) is 5.47. The summed E-state index contributed by atoms with van der Waals surface area (Å²) in [6.45, 7) is 2.78. The lowest BCUT2D eigenvalue weighted by molar-refractivity contribution is -0.140. The van der Waals surface area contributed by atoms with Crippen molar-refractivity contribution >= 4 is 11.9 Å². The highest BCUT2D eigenvalue weighted by Crippen LogP contribution is 2.49. The van der Waals surface area contributed by atoms with Crippen LogP contribution in [-0.2, 0) is 16.0 Å². The van der Waals surface area contributed by atoms with E-state index in [-0.39, 0.29) is 17.7 Å². The number of nitrogens with zero attached hydrogens (tertiary/aromatic N) is 1. The third-order valence-corrected chi connectivity index (χ3v) is 3.96. The summed E-state index contributed by atoms with van der Waals surface area (Å²) < 4.78 is 0. The Labute approximate surface area is 119 Å². The van der Waals surface area contributed by atoms with Gasteiger partial charge in [0.2, 0.25) is 5.91 Å². The molecule has 1 aliphatic carbocycles. The maximum atomic E-state index is 12.6. The minimum atomic E-state index is -0.857. The maximum Gasteiger partial charge on any atom is 0.305 e. The highest BCUT2D eigenvalue weighted by molar-refractivity contribution is 5.86. The number of carboxylic acids is 1. The van der Waals surface area contributed by atoms with Crippen molar-refractivity contribution in [2.24, 2.45) is 5.41 Å². The van der Waals surface area contributed by atoms with E-state index in [2.05, 4.69) is 0 Å². The molecule has 4 heteroatoms. The van der Waals surface area contributed by atoms with Crippen LogP contribution in [0.1, 0.15) is 31.7 Å². The fourth-order valence-electron chi connectivity index (χ4n) is 2.57. The number of amides is 1. The van der Waals surface area contributed by atoms with Gasteiger partial charge in [0, 0.05) is 13.1 Å². The topological polar surface area (TPSA) is 57.6 Å². The van der Waals surface area contributed by atoms with E-state index in [0.717, 1.165) is 19.3 Å². The van der Waals surface area contributed by atoms with E-state index < -0.39 is 5.97 Å². The quantitative estimate of drug-likeness (QED) is 0.831. The lowest BCUT2D eigenvalue weighted by atomic mass is 9.95. The van der Waals surface area contributed by atoms with Gasteiger partial charge < -0.3 is 10.0 Å². The fraction of sp³-hybridized carbons (Fsp3) is 0.500. The number of carboxylic acid groups (broad SMARTS) is 1. The molecular weight excluding hydrogens is 254 g/mol. The van der Waals surface area contributed by atoms with Crippen molar-refractivity contribution in [2.75, 3.05) is 13.1 Å². The zero-order valence-electron chi connectivity index (χ0n) is 11.8. The predicted octanol–water partition coefficient (Wildman–Crippen LogP) is 2.33. The third-order valence-electron chi connectivity index (χ3n) is 3.96. The predicted molar refractivity (Wildman–Crippen MR) is 76.3 cm³/mol. The Hall–Kier alpha value is -1.84. The van der Waals surface area contributed by atoms with Gasteiger partial charge in [-0.2, -0.15) is 0 Å². The molecular formula is C16H21NO3. The molecule has 0 aliphatic heterocycles. The molecule has 0 bridgehead atoms. The molecule has 1 fully saturated rings. The summed E-state index contributed by atoms with van der Waals surface area (Å²) in [5.74, 6) is -0.741. The molecule has 1 aliphatic rings. The molecule has 1 saturated carbocycles. The van der Waals surface area contributed by atoms with Crippen LogP contribution in [-0.4, -0.2) is 35.0 Å². The number of carbonyl (C=O) groups excluding carboxylic acids is 1. The molecule has 2 rings (SSSR count). The molecule has 0 saturated heterocycles. The minimum absolute atomic E-state index is 0.0149. The van der Waals surface area contributed by atoms with Gasteiger partial charge >= 0.3 is 5.97 Å². The summed E-state index contributed by atoms with van der Waals surface area (Å²) in [6, 6.07) is 10.0. The average molecular weight is 275 g/mol. The number of hydrogen-bond acceptors (Lipinski definition) is 2. The molecule has 1 aromatic rings. The molecule has 0 unspecified atom stereocenters. The third kappa shape index (κ3) is 3.38. The lowest BCUT2D eigenvalue weighted by Crippen LogP contribution is -2.39. The molecule has 108 valence electrons. The largest absolute Gasteiger partial charge is 0.481 e. The molecule has 1 amide bonds. The maximum absolute atomic E-state index is 12.6. The molecule has 0 spiro atoms. The number of carbonyl (C=O) groups is 2. The zero-order valence-corrected chi connectivity index (χ0v) is 11.8. The molecule has 4 nitrogen and oxygen atoms in total. The monoisotopic (exact) mass is 275 g/mol. The summed E-state index contributed by atoms with van der Waals surface area (Å²) in [4.78, 5) is 25.0. The van der Waals surface area contributed by atoms with E-state index in [0.29, 0.717) is 13.1 Å². The van der Waals surface area contributed by atoms with Crippen LogP contribution in [0.3, 0.4) is 0 Å². The van der Waals surface area contributed by atoms with Crippen LogP contribution in [0.2, 0.25) is 0 Å². The highest BCUT2D eigenvalue weighted by atomic mass is 16.4. The van der Waals surface area contributed by atoms with Crippen molar-refractivity contribution in [3.63, 3.8) is 0 Å². The van der Waals surface area contributed by atoms with Gasteiger partial charge in [0.1, 0.15) is 0 Å². The van der Waals surface area contributed by atoms with Crippen molar-refractivity contribution in [2.45, 2.75) is 32.6 Å². The second kappa shape index (κ2) is 6.07. The van der Waals surface area contributed by atoms with E-state index in [1.165, 1.54) is 5.56 Å². The number of hydrogen-bond donors (Lipinski definition) is 1. The first-order valence-corrected chi connectivity index (χ1v) is 7.12. The Morgan fingerprint density at radius 1 is 1.25 bits per heavy atom. The Bertz CT molecular complexity index is 480. The van der Waals surface area contributed by atoms with Gasteiger partial charge in [0.25, 0.3) is 0 Å². The molecule has 0 heterocycles. The Morgan fingerprint density at radius 3 is 2.40 bits per heavy atom. The van der Waals surface area contributed by atoms with Crippen LogP contribution in [0.15, 0.2) is 30.3 Å². The average Bonchev–Trinajstić information content (AvgIpc) is 3.21. The molecule has 0 aromatic heterocycles. The number of rotatable bonds is 7. The van der Waals surface area contributed by atoms with Crippen molar-refractivity contribution < 1.29 is 14.7 Å². The van der Waals surface area contributed by atoms with Crippen LogP contribution in [0.5, 0.6) is 0 Å². The second-order valence-electron chi connectivity index (χ2n) is 5.47. The molecule has 20 heavy (non-hydrogen) atoms. The Balaban J connectivity index is 2.01. The number of aliphatic carboxylic acids is 1. The van der Waals surface area contributed by atoms with Crippen LogP contribution < -0.4 is 0 Å². The molecule has 0 atom stereocenters. The van der Waals surface area contributed by atoms with Crippen LogP contribution >= 0.6 is 0 Å². The van der Waals surface area contributed by atoms with Crippen molar-refractivity contribution in [3.05, 3.63) is 35.9 Å². The first-order valence-electron chi connectivity index (χ1n) is 7.12. The summed E-state index contributed by atoms with van der Waals surface area (Å²) in [5.41, 5.74) is 0.892. The van der Waals surface area contributed by atoms with Crippen molar-refractivity contribution in [1.29, 1.82) is 0 Å². The van der Waals surface area contributed by atoms with Gasteiger partial charge in [-0.25, -0.2) is 0 Å². The molecule has 1 N–H and O–H groups in total. The highest BCUT2D eigenvalue weighted by Gasteiger charge is 2.51. The zero-order chi connectivity index (χ0) is 14.6. The van der Waals surface area contributed by atoms with Gasteiger partial charge in [-0.1, -0.05) is 30.3 Å². The minimum Gasteiger partial charge on any atom is -0.481 e. The smallest absolute Gasteiger partial charge is 0.305 e. The van der Waals surface area contributed by atoms with Gasteiger partial charge in [0.15, 0.2) is 0 Å². The Kier molecular flexibility index (Phi) is 4.42. The first kappa shape index (κ1) is 14.6. The van der Waals surface area contributed by atoms with Crippen LogP contribution in [0, 0.1) is 5.41 Å². The summed E-state index contributed by atoms with van der Waals surface area (Å²) in [6.07, 6.45) is 2.59. The molecule has 1 aromatic carbocycles. The first-order chi connectivity index (χ1) is 9.57. The van der Waals surface area contributed by atoms with Crippen molar-refractivity contribution in [1.82, 2.24) is 4.90 Å². The summed E-state index contributed by atoms with van der Waals surface area (Å²) in [7, 11) is 0. The number of benzene rings is 1. The standard InChI is InChI=1S/C16H21NO3/c1-2-17(11-8-14(18)19)15(20)16(9-10-16)12-13-6-4-3-5-7-13/h3-7H,2,8-12H2,1H3,(H,18,19). The lowest BCUT2D eigenvalue weighted by Gasteiger charge is -2.26. The van der Waals surface area contributed by atoms with Gasteiger partial charge in [-0.3, -0.25) is 9.59 Å². The van der Waals surface area contributed by atoms with E-state index in [1.807, 2.05) is 37.3 Å². The van der Waals surface area contributed by atoms with Gasteiger partial charge in [-0.05, 0) is 31.7 Å². The van der Waals surface area contributed by atoms with E-state index in [9.17, 15) is 9.59 Å². The summed E-state index contributed by atoms with van der Waals surface area (Å²) >= 11 is 0. The summed E-state index contributed by atoms with van der Waals surface area (Å²) in [5, 5.41) is 8.76. The SMILES string of the molecule is CCN(CCC(=O)O)C(=O)C1(Cc2ccccc2)CC1. The van der Waals surface area contributed by atoms with Gasteiger partial charge in [-0.15, -0.1) is 0 Å².